The number of nitrogens with zero attached hydrogens (tertiary/aromatic N) is 4. The number of imidazole rings is 1. The van der Waals surface area contributed by atoms with E-state index in [0.29, 0.717) is 23.1 Å². The first-order valence-corrected chi connectivity index (χ1v) is 12.7. The van der Waals surface area contributed by atoms with Gasteiger partial charge in [0.15, 0.2) is 17.7 Å². The summed E-state index contributed by atoms with van der Waals surface area (Å²) in [7, 11) is 0. The van der Waals surface area contributed by atoms with Gasteiger partial charge in [-0.3, -0.25) is 4.57 Å². The van der Waals surface area contributed by atoms with Gasteiger partial charge in [-0.15, -0.1) is 0 Å². The Labute approximate surface area is 192 Å². The quantitative estimate of drug-likeness (QED) is 0.442. The summed E-state index contributed by atoms with van der Waals surface area (Å²) < 4.78 is 38.1. The molecule has 2 aliphatic heterocycles. The van der Waals surface area contributed by atoms with Crippen LogP contribution in [0.3, 0.4) is 0 Å². The van der Waals surface area contributed by atoms with E-state index >= 15 is 0 Å². The minimum atomic E-state index is -3.19. The molecule has 2 saturated heterocycles. The molecule has 2 fully saturated rings. The van der Waals surface area contributed by atoms with Crippen molar-refractivity contribution in [3.8, 4) is 0 Å². The van der Waals surface area contributed by atoms with Gasteiger partial charge in [-0.25, -0.2) is 19.3 Å². The number of aromatic nitrogens is 4. The summed E-state index contributed by atoms with van der Waals surface area (Å²) in [5.41, 5.74) is 7.15. The van der Waals surface area contributed by atoms with Gasteiger partial charge in [-0.2, -0.15) is 0 Å². The highest BCUT2D eigenvalue weighted by atomic mass is 32.5. The summed E-state index contributed by atoms with van der Waals surface area (Å²) in [5, 5.41) is 21.1. The molecule has 0 aliphatic carbocycles. The van der Waals surface area contributed by atoms with Crippen LogP contribution in [0.25, 0.3) is 11.2 Å². The number of benzene rings is 1. The van der Waals surface area contributed by atoms with Crippen LogP contribution in [0.1, 0.15) is 24.3 Å². The molecule has 3 unspecified atom stereocenters. The summed E-state index contributed by atoms with van der Waals surface area (Å²) in [6, 6.07) is 6.07. The van der Waals surface area contributed by atoms with Gasteiger partial charge in [0.2, 0.25) is 0 Å². The second-order valence-corrected chi connectivity index (χ2v) is 10.6. The van der Waals surface area contributed by atoms with E-state index in [1.54, 1.807) is 12.1 Å². The number of fused-ring (bicyclic) bond motifs is 1. The molecule has 4 heterocycles. The van der Waals surface area contributed by atoms with E-state index in [1.807, 2.05) is 0 Å². The second-order valence-electron chi connectivity index (χ2n) is 7.64. The Morgan fingerprint density at radius 1 is 1.27 bits per heavy atom. The van der Waals surface area contributed by atoms with Crippen molar-refractivity contribution in [2.45, 2.75) is 37.1 Å². The molecule has 0 saturated carbocycles. The number of anilines is 1. The normalized spacial score (nSPS) is 32.4. The van der Waals surface area contributed by atoms with Crippen LogP contribution < -0.4 is 5.73 Å². The second kappa shape index (κ2) is 8.93. The third-order valence-corrected chi connectivity index (χ3v) is 7.87. The predicted octanol–water partition coefficient (Wildman–Crippen LogP) is 1.59. The van der Waals surface area contributed by atoms with Gasteiger partial charge in [-0.05, 0) is 29.5 Å². The lowest BCUT2D eigenvalue weighted by atomic mass is 10.1. The number of nitrogens with two attached hydrogens (primary N) is 1. The van der Waals surface area contributed by atoms with Crippen molar-refractivity contribution in [2.24, 2.45) is 0 Å². The molecule has 0 bridgehead atoms. The van der Waals surface area contributed by atoms with Crippen LogP contribution in [-0.4, -0.2) is 61.3 Å². The summed E-state index contributed by atoms with van der Waals surface area (Å²) in [4.78, 5) is 12.2. The molecule has 33 heavy (non-hydrogen) atoms. The van der Waals surface area contributed by atoms with Crippen LogP contribution in [0, 0.1) is 5.82 Å². The Bertz CT molecular complexity index is 1220. The number of halogens is 1. The van der Waals surface area contributed by atoms with Crippen LogP contribution in [0.4, 0.5) is 10.2 Å². The van der Waals surface area contributed by atoms with E-state index in [2.05, 4.69) is 15.0 Å². The standard InChI is InChI=1S/C19H21FN5O6PS/c20-11-3-1-2-10(6-11)12-4-5-28-32(33,31-12)29-7-13-15(26)16(27)19(30-13)25-9-24-14-17(21)22-8-23-18(14)25/h1-3,6,8-9,12-13,15-16,19,26-27H,4-5,7H2,(H2,21,22,23)/t12?,13-,15+,16?,19-,32?/m1/s1. The molecule has 0 radical (unpaired) electrons. The molecule has 14 heteroatoms. The molecule has 6 atom stereocenters. The zero-order chi connectivity index (χ0) is 23.2. The third kappa shape index (κ3) is 4.38. The maximum absolute atomic E-state index is 13.6. The molecule has 4 N–H and O–H groups in total. The maximum atomic E-state index is 13.6. The zero-order valence-electron chi connectivity index (χ0n) is 17.1. The van der Waals surface area contributed by atoms with Gasteiger partial charge < -0.3 is 34.3 Å². The molecule has 3 aromatic rings. The number of aliphatic hydroxyl groups excluding tert-OH is 2. The van der Waals surface area contributed by atoms with Crippen molar-refractivity contribution in [1.29, 1.82) is 0 Å². The Hall–Kier alpha value is -2.09. The van der Waals surface area contributed by atoms with E-state index in [4.69, 9.17) is 35.8 Å². The number of rotatable bonds is 5. The smallest absolute Gasteiger partial charge is 0.327 e. The van der Waals surface area contributed by atoms with E-state index in [0.717, 1.165) is 0 Å². The van der Waals surface area contributed by atoms with E-state index in [9.17, 15) is 14.6 Å². The van der Waals surface area contributed by atoms with Crippen molar-refractivity contribution >= 4 is 35.5 Å². The summed E-state index contributed by atoms with van der Waals surface area (Å²) in [6.45, 7) is -3.10. The van der Waals surface area contributed by atoms with Crippen molar-refractivity contribution in [1.82, 2.24) is 19.5 Å². The summed E-state index contributed by atoms with van der Waals surface area (Å²) in [5.74, 6) is -0.192. The molecule has 1 aromatic carbocycles. The predicted molar refractivity (Wildman–Crippen MR) is 117 cm³/mol. The first kappa shape index (κ1) is 22.7. The van der Waals surface area contributed by atoms with Crippen LogP contribution in [0.2, 0.25) is 0 Å². The first-order chi connectivity index (χ1) is 15.8. The van der Waals surface area contributed by atoms with Crippen molar-refractivity contribution in [3.05, 3.63) is 48.3 Å². The van der Waals surface area contributed by atoms with Gasteiger partial charge >= 0.3 is 6.72 Å². The minimum Gasteiger partial charge on any atom is -0.387 e. The van der Waals surface area contributed by atoms with Gasteiger partial charge in [-0.1, -0.05) is 12.1 Å². The topological polar surface area (TPSA) is 147 Å². The average Bonchev–Trinajstić information content (AvgIpc) is 3.35. The number of nitrogen functional groups attached to an aromatic ring is 1. The number of aliphatic hydroxyl groups is 2. The Morgan fingerprint density at radius 3 is 2.94 bits per heavy atom. The van der Waals surface area contributed by atoms with Crippen LogP contribution in [0.15, 0.2) is 36.9 Å². The molecule has 5 rings (SSSR count). The van der Waals surface area contributed by atoms with Gasteiger partial charge in [0.05, 0.1) is 25.6 Å². The Kier molecular flexibility index (Phi) is 6.14. The van der Waals surface area contributed by atoms with Crippen LogP contribution in [0.5, 0.6) is 0 Å². The first-order valence-electron chi connectivity index (χ1n) is 10.1. The van der Waals surface area contributed by atoms with Crippen LogP contribution in [-0.2, 0) is 30.1 Å². The van der Waals surface area contributed by atoms with Gasteiger partial charge in [0, 0.05) is 6.42 Å². The van der Waals surface area contributed by atoms with Gasteiger partial charge in [0.25, 0.3) is 0 Å². The zero-order valence-corrected chi connectivity index (χ0v) is 18.8. The number of hydrogen-bond donors (Lipinski definition) is 3. The molecular formula is C19H21FN5O6PS. The molecule has 2 aromatic heterocycles. The Balaban J connectivity index is 1.27. The lowest BCUT2D eigenvalue weighted by Gasteiger charge is -2.32. The fourth-order valence-corrected chi connectivity index (χ4v) is 5.94. The highest BCUT2D eigenvalue weighted by Gasteiger charge is 2.45. The molecule has 2 aliphatic rings. The monoisotopic (exact) mass is 497 g/mol. The van der Waals surface area contributed by atoms with Crippen molar-refractivity contribution in [3.63, 3.8) is 0 Å². The molecular weight excluding hydrogens is 476 g/mol. The largest absolute Gasteiger partial charge is 0.387 e. The van der Waals surface area contributed by atoms with E-state index in [-0.39, 0.29) is 24.8 Å². The third-order valence-electron chi connectivity index (χ3n) is 5.50. The fraction of sp³-hybridized carbons (Fsp3) is 0.421. The molecule has 0 spiro atoms. The van der Waals surface area contributed by atoms with Crippen LogP contribution >= 0.6 is 6.72 Å². The lowest BCUT2D eigenvalue weighted by molar-refractivity contribution is -0.0533. The van der Waals surface area contributed by atoms with Crippen molar-refractivity contribution in [2.75, 3.05) is 18.9 Å². The summed E-state index contributed by atoms with van der Waals surface area (Å²) >= 11 is 5.46. The number of hydrogen-bond acceptors (Lipinski definition) is 11. The lowest BCUT2D eigenvalue weighted by Crippen LogP contribution is -2.34. The van der Waals surface area contributed by atoms with Crippen molar-refractivity contribution < 1.29 is 32.9 Å². The van der Waals surface area contributed by atoms with Gasteiger partial charge in [0.1, 0.15) is 36.0 Å². The SMILES string of the molecule is Nc1ncnc2c1ncn2[C@@H]1O[C@H](COP2(=S)OCCC(c3cccc(F)c3)O2)[C@H](O)C1O. The van der Waals surface area contributed by atoms with E-state index in [1.165, 1.54) is 29.4 Å². The highest BCUT2D eigenvalue weighted by Crippen LogP contribution is 2.57. The average molecular weight is 497 g/mol. The Morgan fingerprint density at radius 2 is 2.12 bits per heavy atom. The molecule has 0 amide bonds. The number of ether oxygens (including phenoxy) is 1. The maximum Gasteiger partial charge on any atom is 0.327 e. The molecule has 11 nitrogen and oxygen atoms in total. The summed E-state index contributed by atoms with van der Waals surface area (Å²) in [6.07, 6.45) is -1.80. The highest BCUT2D eigenvalue weighted by molar-refractivity contribution is 8.07. The fourth-order valence-electron chi connectivity index (χ4n) is 3.83. The van der Waals surface area contributed by atoms with E-state index < -0.39 is 37.4 Å². The molecule has 176 valence electrons. The minimum absolute atomic E-state index is 0.184.